The number of rotatable bonds is 6. The van der Waals surface area contributed by atoms with E-state index in [0.29, 0.717) is 12.5 Å². The summed E-state index contributed by atoms with van der Waals surface area (Å²) < 4.78 is 27.5. The summed E-state index contributed by atoms with van der Waals surface area (Å²) in [6.07, 6.45) is 4.20. The zero-order valence-corrected chi connectivity index (χ0v) is 15.9. The second-order valence-corrected chi connectivity index (χ2v) is 9.50. The van der Waals surface area contributed by atoms with Crippen LogP contribution in [0.2, 0.25) is 0 Å². The third-order valence-corrected chi connectivity index (χ3v) is 6.27. The van der Waals surface area contributed by atoms with E-state index in [-0.39, 0.29) is 0 Å². The molecule has 0 fully saturated rings. The predicted octanol–water partition coefficient (Wildman–Crippen LogP) is 2.43. The van der Waals surface area contributed by atoms with Crippen LogP contribution in [0.15, 0.2) is 29.8 Å². The van der Waals surface area contributed by atoms with Crippen molar-refractivity contribution in [2.45, 2.75) is 33.0 Å². The molecule has 1 N–H and O–H groups in total. The van der Waals surface area contributed by atoms with Crippen LogP contribution in [-0.4, -0.2) is 37.2 Å². The third-order valence-electron chi connectivity index (χ3n) is 4.53. The standard InChI is InChI=1S/C17H25N3O2S2/c1-14-6-9-23-17(14)13-19-10-15(5-7-18-24(2,21)22)11-20-8-3-4-16(20)12-19/h3-4,6,8-9,15,18H,5,7,10-13H2,1-2H3. The van der Waals surface area contributed by atoms with Crippen LogP contribution in [0.3, 0.4) is 0 Å². The number of fused-ring (bicyclic) bond motifs is 1. The van der Waals surface area contributed by atoms with Gasteiger partial charge in [-0.2, -0.15) is 0 Å². The summed E-state index contributed by atoms with van der Waals surface area (Å²) in [7, 11) is -3.11. The monoisotopic (exact) mass is 367 g/mol. The molecule has 132 valence electrons. The Bertz CT molecular complexity index is 779. The van der Waals surface area contributed by atoms with Gasteiger partial charge >= 0.3 is 0 Å². The summed E-state index contributed by atoms with van der Waals surface area (Å²) in [5.74, 6) is 0.438. The second-order valence-electron chi connectivity index (χ2n) is 6.67. The van der Waals surface area contributed by atoms with Crippen LogP contribution in [0.25, 0.3) is 0 Å². The molecular formula is C17H25N3O2S2. The Morgan fingerprint density at radius 1 is 1.33 bits per heavy atom. The maximum absolute atomic E-state index is 11.3. The number of nitrogens with one attached hydrogen (secondary N) is 1. The SMILES string of the molecule is Cc1ccsc1CN1Cc2cccn2CC(CCNS(C)(=O)=O)C1. The van der Waals surface area contributed by atoms with Crippen molar-refractivity contribution in [1.82, 2.24) is 14.2 Å². The molecule has 3 heterocycles. The van der Waals surface area contributed by atoms with Crippen LogP contribution in [0.5, 0.6) is 0 Å². The quantitative estimate of drug-likeness (QED) is 0.853. The van der Waals surface area contributed by atoms with Gasteiger partial charge in [0.1, 0.15) is 0 Å². The summed E-state index contributed by atoms with van der Waals surface area (Å²) in [5.41, 5.74) is 2.69. The van der Waals surface area contributed by atoms with Gasteiger partial charge in [-0.25, -0.2) is 13.1 Å². The van der Waals surface area contributed by atoms with Crippen molar-refractivity contribution in [3.8, 4) is 0 Å². The number of aryl methyl sites for hydroxylation is 1. The molecule has 3 rings (SSSR count). The van der Waals surface area contributed by atoms with E-state index in [9.17, 15) is 8.42 Å². The first-order valence-corrected chi connectivity index (χ1v) is 11.0. The fourth-order valence-corrected chi connectivity index (χ4v) is 4.72. The van der Waals surface area contributed by atoms with Gasteiger partial charge in [0.15, 0.2) is 0 Å². The fraction of sp³-hybridized carbons (Fsp3) is 0.529. The van der Waals surface area contributed by atoms with E-state index in [1.54, 1.807) is 0 Å². The highest BCUT2D eigenvalue weighted by Crippen LogP contribution is 2.24. The molecule has 0 saturated heterocycles. The lowest BCUT2D eigenvalue weighted by atomic mass is 10.1. The highest BCUT2D eigenvalue weighted by atomic mass is 32.2. The van der Waals surface area contributed by atoms with Crippen LogP contribution in [0, 0.1) is 12.8 Å². The maximum Gasteiger partial charge on any atom is 0.208 e. The molecule has 1 aliphatic rings. The second kappa shape index (κ2) is 7.39. The van der Waals surface area contributed by atoms with Crippen LogP contribution in [0.1, 0.15) is 22.6 Å². The molecule has 2 aromatic rings. The zero-order chi connectivity index (χ0) is 17.2. The Morgan fingerprint density at radius 2 is 2.17 bits per heavy atom. The molecule has 1 atom stereocenters. The topological polar surface area (TPSA) is 54.3 Å². The lowest BCUT2D eigenvalue weighted by Gasteiger charge is -2.24. The minimum absolute atomic E-state index is 0.438. The molecule has 7 heteroatoms. The Kier molecular flexibility index (Phi) is 5.44. The van der Waals surface area contributed by atoms with Crippen LogP contribution >= 0.6 is 11.3 Å². The lowest BCUT2D eigenvalue weighted by molar-refractivity contribution is 0.217. The molecule has 0 amide bonds. The summed E-state index contributed by atoms with van der Waals surface area (Å²) >= 11 is 1.82. The molecule has 5 nitrogen and oxygen atoms in total. The molecule has 0 radical (unpaired) electrons. The Labute approximate surface area is 148 Å². The molecule has 0 spiro atoms. The first kappa shape index (κ1) is 17.7. The Hall–Kier alpha value is -1.15. The molecule has 0 aromatic carbocycles. The van der Waals surface area contributed by atoms with E-state index in [4.69, 9.17) is 0 Å². The number of hydrogen-bond donors (Lipinski definition) is 1. The molecule has 0 bridgehead atoms. The number of thiophene rings is 1. The molecule has 1 aliphatic heterocycles. The van der Waals surface area contributed by atoms with Gasteiger partial charge in [0.05, 0.1) is 6.26 Å². The first-order chi connectivity index (χ1) is 11.4. The van der Waals surface area contributed by atoms with Crippen molar-refractivity contribution < 1.29 is 8.42 Å². The van der Waals surface area contributed by atoms with Gasteiger partial charge in [-0.05, 0) is 48.4 Å². The van der Waals surface area contributed by atoms with Crippen molar-refractivity contribution in [1.29, 1.82) is 0 Å². The van der Waals surface area contributed by atoms with Gasteiger partial charge < -0.3 is 4.57 Å². The van der Waals surface area contributed by atoms with E-state index < -0.39 is 10.0 Å². The lowest BCUT2D eigenvalue weighted by Crippen LogP contribution is -2.31. The van der Waals surface area contributed by atoms with Gasteiger partial charge in [-0.1, -0.05) is 0 Å². The summed E-state index contributed by atoms with van der Waals surface area (Å²) in [6, 6.07) is 6.46. The van der Waals surface area contributed by atoms with Crippen LogP contribution < -0.4 is 4.72 Å². The van der Waals surface area contributed by atoms with Gasteiger partial charge in [0, 0.05) is 49.5 Å². The molecule has 1 unspecified atom stereocenters. The number of aromatic nitrogens is 1. The minimum atomic E-state index is -3.11. The maximum atomic E-state index is 11.3. The van der Waals surface area contributed by atoms with Crippen molar-refractivity contribution in [3.63, 3.8) is 0 Å². The fourth-order valence-electron chi connectivity index (χ4n) is 3.29. The molecule has 0 saturated carbocycles. The molecule has 0 aliphatic carbocycles. The van der Waals surface area contributed by atoms with Crippen molar-refractivity contribution in [3.05, 3.63) is 45.9 Å². The molecule has 24 heavy (non-hydrogen) atoms. The van der Waals surface area contributed by atoms with E-state index in [1.807, 2.05) is 11.3 Å². The zero-order valence-electron chi connectivity index (χ0n) is 14.2. The highest BCUT2D eigenvalue weighted by molar-refractivity contribution is 7.88. The van der Waals surface area contributed by atoms with Crippen LogP contribution in [0.4, 0.5) is 0 Å². The van der Waals surface area contributed by atoms with Gasteiger partial charge in [-0.15, -0.1) is 11.3 Å². The van der Waals surface area contributed by atoms with Gasteiger partial charge in [0.2, 0.25) is 10.0 Å². The summed E-state index contributed by atoms with van der Waals surface area (Å²) in [4.78, 5) is 3.91. The third kappa shape index (κ3) is 4.69. The predicted molar refractivity (Wildman–Crippen MR) is 98.6 cm³/mol. The summed E-state index contributed by atoms with van der Waals surface area (Å²) in [5, 5.41) is 2.15. The Morgan fingerprint density at radius 3 is 2.88 bits per heavy atom. The number of sulfonamides is 1. The van der Waals surface area contributed by atoms with E-state index in [2.05, 4.69) is 50.9 Å². The Balaban J connectivity index is 1.69. The molecule has 2 aromatic heterocycles. The number of nitrogens with zero attached hydrogens (tertiary/aromatic N) is 2. The first-order valence-electron chi connectivity index (χ1n) is 8.25. The van der Waals surface area contributed by atoms with Crippen LogP contribution in [-0.2, 0) is 29.7 Å². The van der Waals surface area contributed by atoms with Crippen molar-refractivity contribution in [2.24, 2.45) is 5.92 Å². The summed E-state index contributed by atoms with van der Waals surface area (Å²) in [6.45, 7) is 6.52. The normalized spacial score (nSPS) is 19.2. The van der Waals surface area contributed by atoms with E-state index >= 15 is 0 Å². The van der Waals surface area contributed by atoms with E-state index in [1.165, 1.54) is 22.4 Å². The smallest absolute Gasteiger partial charge is 0.208 e. The average molecular weight is 368 g/mol. The van der Waals surface area contributed by atoms with Gasteiger partial charge in [0.25, 0.3) is 0 Å². The van der Waals surface area contributed by atoms with Crippen molar-refractivity contribution in [2.75, 3.05) is 19.3 Å². The van der Waals surface area contributed by atoms with Gasteiger partial charge in [-0.3, -0.25) is 4.90 Å². The largest absolute Gasteiger partial charge is 0.350 e. The highest BCUT2D eigenvalue weighted by Gasteiger charge is 2.22. The van der Waals surface area contributed by atoms with E-state index in [0.717, 1.165) is 32.6 Å². The minimum Gasteiger partial charge on any atom is -0.350 e. The average Bonchev–Trinajstić information content (AvgIpc) is 3.04. The van der Waals surface area contributed by atoms with Crippen molar-refractivity contribution >= 4 is 21.4 Å². The number of hydrogen-bond acceptors (Lipinski definition) is 4. The molecular weight excluding hydrogens is 342 g/mol.